The third kappa shape index (κ3) is 3.65. The minimum Gasteiger partial charge on any atom is -0.496 e. The van der Waals surface area contributed by atoms with Crippen molar-refractivity contribution < 1.29 is 14.3 Å². The van der Waals surface area contributed by atoms with Crippen LogP contribution in [0.25, 0.3) is 0 Å². The van der Waals surface area contributed by atoms with Gasteiger partial charge in [0, 0.05) is 25.2 Å². The number of methoxy groups -OCH3 is 1. The van der Waals surface area contributed by atoms with Gasteiger partial charge in [-0.25, -0.2) is 0 Å². The molecular weight excluding hydrogens is 316 g/mol. The minimum atomic E-state index is -0.213. The highest BCUT2D eigenvalue weighted by Crippen LogP contribution is 2.24. The largest absolute Gasteiger partial charge is 0.496 e. The van der Waals surface area contributed by atoms with E-state index in [0.717, 1.165) is 24.2 Å². The van der Waals surface area contributed by atoms with Gasteiger partial charge in [-0.2, -0.15) is 0 Å². The third-order valence-electron chi connectivity index (χ3n) is 4.48. The summed E-state index contributed by atoms with van der Waals surface area (Å²) in [4.78, 5) is 26.3. The molecule has 2 aromatic carbocycles. The quantitative estimate of drug-likeness (QED) is 0.931. The summed E-state index contributed by atoms with van der Waals surface area (Å²) in [6, 6.07) is 13.0. The second-order valence-corrected chi connectivity index (χ2v) is 6.06. The predicted octanol–water partition coefficient (Wildman–Crippen LogP) is 3.24. The molecule has 3 rings (SSSR count). The molecule has 0 aliphatic carbocycles. The van der Waals surface area contributed by atoms with Crippen LogP contribution in [0.5, 0.6) is 5.75 Å². The van der Waals surface area contributed by atoms with Crippen LogP contribution in [0.4, 0.5) is 5.69 Å². The van der Waals surface area contributed by atoms with E-state index in [1.165, 1.54) is 5.56 Å². The zero-order valence-corrected chi connectivity index (χ0v) is 14.5. The Bertz CT molecular complexity index is 801. The van der Waals surface area contributed by atoms with Crippen molar-refractivity contribution in [3.8, 4) is 5.75 Å². The molecule has 0 unspecified atom stereocenters. The monoisotopic (exact) mass is 338 g/mol. The maximum absolute atomic E-state index is 12.5. The maximum Gasteiger partial charge on any atom is 0.259 e. The number of amides is 2. The molecule has 0 atom stereocenters. The molecule has 25 heavy (non-hydrogen) atoms. The van der Waals surface area contributed by atoms with E-state index in [4.69, 9.17) is 4.74 Å². The fourth-order valence-corrected chi connectivity index (χ4v) is 3.10. The Kier molecular flexibility index (Phi) is 5.03. The Morgan fingerprint density at radius 1 is 1.16 bits per heavy atom. The van der Waals surface area contributed by atoms with Crippen LogP contribution in [0, 0.1) is 0 Å². The molecule has 0 spiro atoms. The van der Waals surface area contributed by atoms with Crippen LogP contribution in [0.15, 0.2) is 42.5 Å². The lowest BCUT2D eigenvalue weighted by Crippen LogP contribution is -2.35. The predicted molar refractivity (Wildman–Crippen MR) is 96.8 cm³/mol. The number of para-hydroxylation sites is 1. The first kappa shape index (κ1) is 17.0. The summed E-state index contributed by atoms with van der Waals surface area (Å²) in [6.07, 6.45) is 1.36. The van der Waals surface area contributed by atoms with Crippen LogP contribution in [0.1, 0.15) is 34.8 Å². The van der Waals surface area contributed by atoms with Crippen LogP contribution < -0.4 is 10.1 Å². The highest BCUT2D eigenvalue weighted by atomic mass is 16.5. The van der Waals surface area contributed by atoms with E-state index in [9.17, 15) is 9.59 Å². The Morgan fingerprint density at radius 2 is 1.96 bits per heavy atom. The number of carbonyl (C=O) groups excluding carboxylic acids is 2. The Morgan fingerprint density at radius 3 is 2.72 bits per heavy atom. The molecule has 1 aliphatic rings. The molecule has 5 heteroatoms. The fraction of sp³-hybridized carbons (Fsp3) is 0.300. The molecule has 2 amide bonds. The molecule has 0 radical (unpaired) electrons. The number of nitrogens with zero attached hydrogens (tertiary/aromatic N) is 1. The molecule has 1 heterocycles. The van der Waals surface area contributed by atoms with E-state index >= 15 is 0 Å². The molecule has 0 saturated carbocycles. The van der Waals surface area contributed by atoms with Gasteiger partial charge in [-0.15, -0.1) is 0 Å². The van der Waals surface area contributed by atoms with Gasteiger partial charge in [0.15, 0.2) is 0 Å². The van der Waals surface area contributed by atoms with Crippen molar-refractivity contribution in [3.63, 3.8) is 0 Å². The zero-order chi connectivity index (χ0) is 17.8. The summed E-state index contributed by atoms with van der Waals surface area (Å²) in [5.41, 5.74) is 3.53. The van der Waals surface area contributed by atoms with E-state index in [-0.39, 0.29) is 11.8 Å². The maximum atomic E-state index is 12.5. The number of rotatable bonds is 4. The zero-order valence-electron chi connectivity index (χ0n) is 14.5. The Hall–Kier alpha value is -2.82. The summed E-state index contributed by atoms with van der Waals surface area (Å²) in [5, 5.41) is 2.92. The van der Waals surface area contributed by atoms with Crippen LogP contribution in [-0.2, 0) is 17.8 Å². The van der Waals surface area contributed by atoms with Crippen molar-refractivity contribution in [2.45, 2.75) is 26.3 Å². The number of anilines is 1. The van der Waals surface area contributed by atoms with E-state index in [1.807, 2.05) is 36.1 Å². The first-order chi connectivity index (χ1) is 12.1. The molecule has 5 nitrogen and oxygen atoms in total. The van der Waals surface area contributed by atoms with Crippen LogP contribution >= 0.6 is 0 Å². The van der Waals surface area contributed by atoms with Crippen molar-refractivity contribution in [1.82, 2.24) is 4.90 Å². The van der Waals surface area contributed by atoms with E-state index < -0.39 is 0 Å². The standard InChI is InChI=1S/C20H22N2O3/c1-3-19(23)22-11-10-14-8-9-16(12-15(14)13-22)21-20(24)17-6-4-5-7-18(17)25-2/h4-9,12H,3,10-11,13H2,1-2H3,(H,21,24). The van der Waals surface area contributed by atoms with Gasteiger partial charge >= 0.3 is 0 Å². The van der Waals surface area contributed by atoms with Gasteiger partial charge in [0.1, 0.15) is 5.75 Å². The summed E-state index contributed by atoms with van der Waals surface area (Å²) >= 11 is 0. The number of fused-ring (bicyclic) bond motifs is 1. The SMILES string of the molecule is CCC(=O)N1CCc2ccc(NC(=O)c3ccccc3OC)cc2C1. The summed E-state index contributed by atoms with van der Waals surface area (Å²) in [5.74, 6) is 0.487. The van der Waals surface area contributed by atoms with E-state index in [1.54, 1.807) is 25.3 Å². The van der Waals surface area contributed by atoms with Gasteiger partial charge in [0.05, 0.1) is 12.7 Å². The Balaban J connectivity index is 1.78. The molecule has 0 saturated heterocycles. The number of hydrogen-bond donors (Lipinski definition) is 1. The molecule has 130 valence electrons. The molecular formula is C20H22N2O3. The lowest BCUT2D eigenvalue weighted by Gasteiger charge is -2.29. The van der Waals surface area contributed by atoms with E-state index in [0.29, 0.717) is 24.3 Å². The second kappa shape index (κ2) is 7.38. The molecule has 1 N–H and O–H groups in total. The van der Waals surface area contributed by atoms with Gasteiger partial charge in [0.2, 0.25) is 5.91 Å². The number of carbonyl (C=O) groups is 2. The smallest absolute Gasteiger partial charge is 0.259 e. The third-order valence-corrected chi connectivity index (χ3v) is 4.48. The minimum absolute atomic E-state index is 0.161. The topological polar surface area (TPSA) is 58.6 Å². The summed E-state index contributed by atoms with van der Waals surface area (Å²) < 4.78 is 5.24. The first-order valence-corrected chi connectivity index (χ1v) is 8.46. The highest BCUT2D eigenvalue weighted by Gasteiger charge is 2.20. The molecule has 0 aromatic heterocycles. The number of ether oxygens (including phenoxy) is 1. The van der Waals surface area contributed by atoms with Crippen molar-refractivity contribution >= 4 is 17.5 Å². The first-order valence-electron chi connectivity index (χ1n) is 8.46. The average Bonchev–Trinajstić information content (AvgIpc) is 2.66. The van der Waals surface area contributed by atoms with Gasteiger partial charge in [0.25, 0.3) is 5.91 Å². The molecule has 0 fully saturated rings. The van der Waals surface area contributed by atoms with Crippen LogP contribution in [0.3, 0.4) is 0 Å². The van der Waals surface area contributed by atoms with Gasteiger partial charge < -0.3 is 15.0 Å². The van der Waals surface area contributed by atoms with Gasteiger partial charge in [-0.3, -0.25) is 9.59 Å². The molecule has 0 bridgehead atoms. The summed E-state index contributed by atoms with van der Waals surface area (Å²) in [6.45, 7) is 3.23. The highest BCUT2D eigenvalue weighted by molar-refractivity contribution is 6.06. The van der Waals surface area contributed by atoms with Crippen molar-refractivity contribution in [1.29, 1.82) is 0 Å². The number of benzene rings is 2. The van der Waals surface area contributed by atoms with E-state index in [2.05, 4.69) is 5.32 Å². The lowest BCUT2D eigenvalue weighted by molar-refractivity contribution is -0.131. The molecule has 2 aromatic rings. The van der Waals surface area contributed by atoms with Gasteiger partial charge in [-0.1, -0.05) is 25.1 Å². The van der Waals surface area contributed by atoms with Crippen molar-refractivity contribution in [2.75, 3.05) is 19.0 Å². The average molecular weight is 338 g/mol. The molecule has 1 aliphatic heterocycles. The second-order valence-electron chi connectivity index (χ2n) is 6.06. The van der Waals surface area contributed by atoms with Gasteiger partial charge in [-0.05, 0) is 41.8 Å². The van der Waals surface area contributed by atoms with Crippen molar-refractivity contribution in [3.05, 3.63) is 59.2 Å². The summed E-state index contributed by atoms with van der Waals surface area (Å²) in [7, 11) is 1.55. The normalized spacial score (nSPS) is 13.1. The number of hydrogen-bond acceptors (Lipinski definition) is 3. The Labute approximate surface area is 147 Å². The lowest BCUT2D eigenvalue weighted by atomic mass is 9.98. The van der Waals surface area contributed by atoms with Crippen LogP contribution in [-0.4, -0.2) is 30.4 Å². The van der Waals surface area contributed by atoms with Crippen LogP contribution in [0.2, 0.25) is 0 Å². The number of nitrogens with one attached hydrogen (secondary N) is 1. The van der Waals surface area contributed by atoms with Crippen molar-refractivity contribution in [2.24, 2.45) is 0 Å². The fourth-order valence-electron chi connectivity index (χ4n) is 3.10.